The molecule has 1 amide bonds. The van der Waals surface area contributed by atoms with Crippen LogP contribution in [0.25, 0.3) is 0 Å². The van der Waals surface area contributed by atoms with Gasteiger partial charge in [-0.3, -0.25) is 14.6 Å². The molecule has 116 valence electrons. The van der Waals surface area contributed by atoms with Crippen molar-refractivity contribution in [1.29, 1.82) is 0 Å². The maximum Gasteiger partial charge on any atom is 0.242 e. The van der Waals surface area contributed by atoms with Crippen LogP contribution in [0.4, 0.5) is 0 Å². The summed E-state index contributed by atoms with van der Waals surface area (Å²) in [6, 6.07) is 0.469. The maximum absolute atomic E-state index is 12.9. The molecule has 2 heterocycles. The summed E-state index contributed by atoms with van der Waals surface area (Å²) >= 11 is 0. The second-order valence-corrected chi connectivity index (χ2v) is 6.52. The molecule has 1 N–H and O–H groups in total. The van der Waals surface area contributed by atoms with Gasteiger partial charge in [0.15, 0.2) is 0 Å². The van der Waals surface area contributed by atoms with Crippen molar-refractivity contribution in [2.24, 2.45) is 0 Å². The van der Waals surface area contributed by atoms with Crippen molar-refractivity contribution in [2.45, 2.75) is 39.3 Å². The minimum absolute atomic E-state index is 0.294. The van der Waals surface area contributed by atoms with Gasteiger partial charge in [-0.05, 0) is 27.3 Å². The topological polar surface area (TPSA) is 38.8 Å². The first kappa shape index (κ1) is 15.7. The molecule has 5 heteroatoms. The van der Waals surface area contributed by atoms with E-state index in [1.165, 1.54) is 0 Å². The van der Waals surface area contributed by atoms with Crippen LogP contribution in [0.15, 0.2) is 0 Å². The Morgan fingerprint density at radius 1 is 1.20 bits per heavy atom. The van der Waals surface area contributed by atoms with Gasteiger partial charge in [0, 0.05) is 51.9 Å². The van der Waals surface area contributed by atoms with Gasteiger partial charge < -0.3 is 10.2 Å². The number of likely N-dealkylation sites (N-methyl/N-ethyl adjacent to an activating group) is 1. The van der Waals surface area contributed by atoms with Crippen LogP contribution >= 0.6 is 0 Å². The smallest absolute Gasteiger partial charge is 0.242 e. The molecule has 0 saturated carbocycles. The summed E-state index contributed by atoms with van der Waals surface area (Å²) in [5.74, 6) is 0.294. The fourth-order valence-corrected chi connectivity index (χ4v) is 3.40. The fourth-order valence-electron chi connectivity index (χ4n) is 3.40. The van der Waals surface area contributed by atoms with Crippen molar-refractivity contribution in [1.82, 2.24) is 20.0 Å². The lowest BCUT2D eigenvalue weighted by Crippen LogP contribution is -2.63. The first-order valence-electron chi connectivity index (χ1n) is 7.96. The van der Waals surface area contributed by atoms with Gasteiger partial charge >= 0.3 is 0 Å². The molecule has 0 aromatic rings. The van der Waals surface area contributed by atoms with E-state index in [4.69, 9.17) is 0 Å². The SMILES string of the molecule is CCN1CCN(C(=O)C(C)(C)N2CCNCC2)CC1C. The molecule has 0 aromatic carbocycles. The minimum atomic E-state index is -0.379. The Kier molecular flexibility index (Phi) is 5.04. The maximum atomic E-state index is 12.9. The first-order valence-corrected chi connectivity index (χ1v) is 7.96. The molecule has 2 saturated heterocycles. The lowest BCUT2D eigenvalue weighted by atomic mass is 9.98. The van der Waals surface area contributed by atoms with Crippen LogP contribution in [0.5, 0.6) is 0 Å². The number of piperazine rings is 2. The van der Waals surface area contributed by atoms with Crippen molar-refractivity contribution >= 4 is 5.91 Å². The predicted molar refractivity (Wildman–Crippen MR) is 81.8 cm³/mol. The normalized spacial score (nSPS) is 26.8. The van der Waals surface area contributed by atoms with Crippen LogP contribution in [0.3, 0.4) is 0 Å². The van der Waals surface area contributed by atoms with Crippen LogP contribution in [0.2, 0.25) is 0 Å². The summed E-state index contributed by atoms with van der Waals surface area (Å²) < 4.78 is 0. The molecular weight excluding hydrogens is 252 g/mol. The lowest BCUT2D eigenvalue weighted by molar-refractivity contribution is -0.146. The average Bonchev–Trinajstić information content (AvgIpc) is 2.47. The molecule has 0 aliphatic carbocycles. The van der Waals surface area contributed by atoms with Crippen molar-refractivity contribution in [3.8, 4) is 0 Å². The second-order valence-electron chi connectivity index (χ2n) is 6.52. The Labute approximate surface area is 123 Å². The molecule has 1 atom stereocenters. The molecular formula is C15H30N4O. The summed E-state index contributed by atoms with van der Waals surface area (Å²) in [6.45, 7) is 16.3. The molecule has 2 rings (SSSR count). The Balaban J connectivity index is 1.99. The third-order valence-electron chi connectivity index (χ3n) is 4.89. The zero-order chi connectivity index (χ0) is 14.8. The molecule has 2 fully saturated rings. The van der Waals surface area contributed by atoms with E-state index in [2.05, 4.69) is 47.7 Å². The highest BCUT2D eigenvalue weighted by Gasteiger charge is 2.39. The van der Waals surface area contributed by atoms with Gasteiger partial charge in [0.2, 0.25) is 5.91 Å². The Bertz CT molecular complexity index is 339. The van der Waals surface area contributed by atoms with E-state index in [1.807, 2.05) is 0 Å². The van der Waals surface area contributed by atoms with Gasteiger partial charge in [0.05, 0.1) is 5.54 Å². The summed E-state index contributed by atoms with van der Waals surface area (Å²) in [4.78, 5) is 19.7. The third-order valence-corrected chi connectivity index (χ3v) is 4.89. The average molecular weight is 282 g/mol. The van der Waals surface area contributed by atoms with Crippen LogP contribution in [-0.4, -0.2) is 84.5 Å². The first-order chi connectivity index (χ1) is 9.46. The van der Waals surface area contributed by atoms with Gasteiger partial charge in [-0.1, -0.05) is 6.92 Å². The lowest BCUT2D eigenvalue weighted by Gasteiger charge is -2.46. The van der Waals surface area contributed by atoms with E-state index >= 15 is 0 Å². The molecule has 1 unspecified atom stereocenters. The number of hydrogen-bond donors (Lipinski definition) is 1. The van der Waals surface area contributed by atoms with Gasteiger partial charge in [-0.15, -0.1) is 0 Å². The molecule has 0 spiro atoms. The number of carbonyl (C=O) groups is 1. The molecule has 20 heavy (non-hydrogen) atoms. The highest BCUT2D eigenvalue weighted by atomic mass is 16.2. The highest BCUT2D eigenvalue weighted by Crippen LogP contribution is 2.20. The van der Waals surface area contributed by atoms with Gasteiger partial charge in [0.1, 0.15) is 0 Å². The van der Waals surface area contributed by atoms with Gasteiger partial charge in [0.25, 0.3) is 0 Å². The van der Waals surface area contributed by atoms with E-state index in [-0.39, 0.29) is 5.54 Å². The third kappa shape index (κ3) is 3.15. The Hall–Kier alpha value is -0.650. The number of amides is 1. The quantitative estimate of drug-likeness (QED) is 0.804. The van der Waals surface area contributed by atoms with Gasteiger partial charge in [-0.2, -0.15) is 0 Å². The van der Waals surface area contributed by atoms with E-state index in [9.17, 15) is 4.79 Å². The summed E-state index contributed by atoms with van der Waals surface area (Å²) in [5, 5.41) is 3.35. The Morgan fingerprint density at radius 2 is 1.85 bits per heavy atom. The molecule has 2 aliphatic rings. The standard InChI is InChI=1S/C15H30N4O/c1-5-17-10-11-18(12-13(17)2)14(20)15(3,4)19-8-6-16-7-9-19/h13,16H,5-12H2,1-4H3. The molecule has 0 aromatic heterocycles. The van der Waals surface area contributed by atoms with Crippen molar-refractivity contribution in [2.75, 3.05) is 52.4 Å². The predicted octanol–water partition coefficient (Wildman–Crippen LogP) is 0.223. The van der Waals surface area contributed by atoms with Crippen molar-refractivity contribution < 1.29 is 4.79 Å². The minimum Gasteiger partial charge on any atom is -0.338 e. The summed E-state index contributed by atoms with van der Waals surface area (Å²) in [6.07, 6.45) is 0. The highest BCUT2D eigenvalue weighted by molar-refractivity contribution is 5.85. The van der Waals surface area contributed by atoms with Crippen molar-refractivity contribution in [3.05, 3.63) is 0 Å². The van der Waals surface area contributed by atoms with Crippen molar-refractivity contribution in [3.63, 3.8) is 0 Å². The van der Waals surface area contributed by atoms with Gasteiger partial charge in [-0.25, -0.2) is 0 Å². The van der Waals surface area contributed by atoms with E-state index in [1.54, 1.807) is 0 Å². The molecule has 2 aliphatic heterocycles. The number of nitrogens with zero attached hydrogens (tertiary/aromatic N) is 3. The van der Waals surface area contributed by atoms with E-state index < -0.39 is 0 Å². The van der Waals surface area contributed by atoms with E-state index in [0.29, 0.717) is 11.9 Å². The number of hydrogen-bond acceptors (Lipinski definition) is 4. The summed E-state index contributed by atoms with van der Waals surface area (Å²) in [5.41, 5.74) is -0.379. The second kappa shape index (κ2) is 6.41. The zero-order valence-electron chi connectivity index (χ0n) is 13.5. The van der Waals surface area contributed by atoms with Crippen LogP contribution in [0, 0.1) is 0 Å². The van der Waals surface area contributed by atoms with Crippen LogP contribution < -0.4 is 5.32 Å². The number of nitrogens with one attached hydrogen (secondary N) is 1. The molecule has 0 radical (unpaired) electrons. The number of rotatable bonds is 3. The number of carbonyl (C=O) groups excluding carboxylic acids is 1. The molecule has 5 nitrogen and oxygen atoms in total. The molecule has 0 bridgehead atoms. The largest absolute Gasteiger partial charge is 0.338 e. The zero-order valence-corrected chi connectivity index (χ0v) is 13.5. The van der Waals surface area contributed by atoms with E-state index in [0.717, 1.165) is 52.4 Å². The Morgan fingerprint density at radius 3 is 2.40 bits per heavy atom. The summed E-state index contributed by atoms with van der Waals surface area (Å²) in [7, 11) is 0. The van der Waals surface area contributed by atoms with Crippen LogP contribution in [-0.2, 0) is 4.79 Å². The monoisotopic (exact) mass is 282 g/mol. The van der Waals surface area contributed by atoms with Crippen LogP contribution in [0.1, 0.15) is 27.7 Å². The fraction of sp³-hybridized carbons (Fsp3) is 0.933.